The van der Waals surface area contributed by atoms with Gasteiger partial charge >= 0.3 is 0 Å². The Labute approximate surface area is 128 Å². The number of likely N-dealkylation sites (tertiary alicyclic amines) is 1. The van der Waals surface area contributed by atoms with E-state index in [1.165, 1.54) is 25.9 Å². The molecule has 2 rings (SSSR count). The molecule has 118 valence electrons. The minimum Gasteiger partial charge on any atom is -0.356 e. The minimum atomic E-state index is 0.584. The summed E-state index contributed by atoms with van der Waals surface area (Å²) in [5.74, 6) is 1.81. The maximum Gasteiger partial charge on any atom is 0.224 e. The van der Waals surface area contributed by atoms with Crippen LogP contribution in [0.2, 0.25) is 0 Å². The lowest BCUT2D eigenvalue weighted by Gasteiger charge is -2.37. The summed E-state index contributed by atoms with van der Waals surface area (Å²) >= 11 is 0. The van der Waals surface area contributed by atoms with Gasteiger partial charge in [-0.25, -0.2) is 4.98 Å². The average molecular weight is 291 g/mol. The molecule has 0 unspecified atom stereocenters. The molecule has 1 saturated heterocycles. The zero-order valence-electron chi connectivity index (χ0n) is 13.9. The van der Waals surface area contributed by atoms with Gasteiger partial charge in [0.15, 0.2) is 0 Å². The Morgan fingerprint density at radius 3 is 2.67 bits per heavy atom. The third kappa shape index (κ3) is 4.06. The summed E-state index contributed by atoms with van der Waals surface area (Å²) in [6.07, 6.45) is 5.44. The van der Waals surface area contributed by atoms with E-state index in [4.69, 9.17) is 4.98 Å². The quantitative estimate of drug-likeness (QED) is 0.872. The standard InChI is InChI=1S/C16H29N5/c1-5-9-17-16-18-12-13(3)15(19-16)20(4)14-7-10-21(6-2)11-8-14/h12,14H,5-11H2,1-4H3,(H,17,18,19). The molecule has 0 saturated carbocycles. The van der Waals surface area contributed by atoms with Crippen molar-refractivity contribution in [2.75, 3.05) is 43.4 Å². The predicted molar refractivity (Wildman–Crippen MR) is 89.1 cm³/mol. The first-order valence-corrected chi connectivity index (χ1v) is 8.18. The van der Waals surface area contributed by atoms with Gasteiger partial charge < -0.3 is 15.1 Å². The number of anilines is 2. The summed E-state index contributed by atoms with van der Waals surface area (Å²) in [7, 11) is 2.17. The Kier molecular flexibility index (Phi) is 5.79. The van der Waals surface area contributed by atoms with Crippen molar-refractivity contribution in [3.63, 3.8) is 0 Å². The van der Waals surface area contributed by atoms with Gasteiger partial charge in [0.25, 0.3) is 0 Å². The summed E-state index contributed by atoms with van der Waals surface area (Å²) in [6, 6.07) is 0.584. The van der Waals surface area contributed by atoms with Crippen molar-refractivity contribution in [2.45, 2.75) is 46.1 Å². The van der Waals surface area contributed by atoms with Crippen LogP contribution in [0.25, 0.3) is 0 Å². The predicted octanol–water partition coefficient (Wildman–Crippen LogP) is 2.53. The highest BCUT2D eigenvalue weighted by atomic mass is 15.2. The van der Waals surface area contributed by atoms with Gasteiger partial charge in [-0.3, -0.25) is 0 Å². The Hall–Kier alpha value is -1.36. The molecule has 0 radical (unpaired) electrons. The molecule has 0 amide bonds. The Morgan fingerprint density at radius 2 is 2.05 bits per heavy atom. The van der Waals surface area contributed by atoms with Gasteiger partial charge in [-0.05, 0) is 32.7 Å². The van der Waals surface area contributed by atoms with Gasteiger partial charge in [0, 0.05) is 44.5 Å². The maximum atomic E-state index is 4.71. The molecule has 1 aliphatic rings. The van der Waals surface area contributed by atoms with Crippen molar-refractivity contribution in [2.24, 2.45) is 0 Å². The van der Waals surface area contributed by atoms with Crippen LogP contribution in [0.5, 0.6) is 0 Å². The number of nitrogens with zero attached hydrogens (tertiary/aromatic N) is 4. The van der Waals surface area contributed by atoms with E-state index in [1.807, 2.05) is 6.20 Å². The summed E-state index contributed by atoms with van der Waals surface area (Å²) in [4.78, 5) is 14.0. The molecule has 0 spiro atoms. The average Bonchev–Trinajstić information content (AvgIpc) is 2.53. The molecule has 1 aromatic heterocycles. The topological polar surface area (TPSA) is 44.3 Å². The van der Waals surface area contributed by atoms with Crippen LogP contribution in [0.4, 0.5) is 11.8 Å². The monoisotopic (exact) mass is 291 g/mol. The molecule has 0 aliphatic carbocycles. The number of nitrogens with one attached hydrogen (secondary N) is 1. The van der Waals surface area contributed by atoms with Crippen LogP contribution in [0.1, 0.15) is 38.7 Å². The fraction of sp³-hybridized carbons (Fsp3) is 0.750. The Morgan fingerprint density at radius 1 is 1.33 bits per heavy atom. The molecule has 1 N–H and O–H groups in total. The van der Waals surface area contributed by atoms with Crippen LogP contribution in [0.15, 0.2) is 6.20 Å². The number of rotatable bonds is 6. The van der Waals surface area contributed by atoms with Crippen LogP contribution in [0.3, 0.4) is 0 Å². The van der Waals surface area contributed by atoms with Gasteiger partial charge in [-0.1, -0.05) is 13.8 Å². The first-order valence-electron chi connectivity index (χ1n) is 8.18. The van der Waals surface area contributed by atoms with Crippen molar-refractivity contribution in [3.05, 3.63) is 11.8 Å². The third-order valence-corrected chi connectivity index (χ3v) is 4.36. The van der Waals surface area contributed by atoms with E-state index in [2.05, 4.69) is 47.9 Å². The number of aromatic nitrogens is 2. The smallest absolute Gasteiger partial charge is 0.224 e. The van der Waals surface area contributed by atoms with E-state index >= 15 is 0 Å². The maximum absolute atomic E-state index is 4.71. The van der Waals surface area contributed by atoms with E-state index in [-0.39, 0.29) is 0 Å². The largest absolute Gasteiger partial charge is 0.356 e. The third-order valence-electron chi connectivity index (χ3n) is 4.36. The first-order chi connectivity index (χ1) is 10.2. The van der Waals surface area contributed by atoms with Crippen LogP contribution in [0, 0.1) is 6.92 Å². The number of hydrogen-bond acceptors (Lipinski definition) is 5. The van der Waals surface area contributed by atoms with Gasteiger partial charge in [0.2, 0.25) is 5.95 Å². The van der Waals surface area contributed by atoms with Crippen molar-refractivity contribution in [1.29, 1.82) is 0 Å². The zero-order valence-corrected chi connectivity index (χ0v) is 13.9. The van der Waals surface area contributed by atoms with Crippen molar-refractivity contribution < 1.29 is 0 Å². The molecule has 1 aromatic rings. The van der Waals surface area contributed by atoms with Gasteiger partial charge in [0.05, 0.1) is 0 Å². The molecule has 21 heavy (non-hydrogen) atoms. The molecular formula is C16H29N5. The lowest BCUT2D eigenvalue weighted by Crippen LogP contribution is -2.43. The molecular weight excluding hydrogens is 262 g/mol. The summed E-state index contributed by atoms with van der Waals surface area (Å²) < 4.78 is 0. The van der Waals surface area contributed by atoms with Crippen LogP contribution in [-0.4, -0.2) is 54.1 Å². The number of piperidine rings is 1. The molecule has 0 aromatic carbocycles. The van der Waals surface area contributed by atoms with E-state index < -0.39 is 0 Å². The van der Waals surface area contributed by atoms with Crippen LogP contribution < -0.4 is 10.2 Å². The molecule has 1 aliphatic heterocycles. The van der Waals surface area contributed by atoms with Crippen molar-refractivity contribution in [1.82, 2.24) is 14.9 Å². The van der Waals surface area contributed by atoms with Crippen LogP contribution in [-0.2, 0) is 0 Å². The minimum absolute atomic E-state index is 0.584. The molecule has 0 bridgehead atoms. The van der Waals surface area contributed by atoms with Gasteiger partial charge in [-0.15, -0.1) is 0 Å². The lowest BCUT2D eigenvalue weighted by atomic mass is 10.0. The fourth-order valence-electron chi connectivity index (χ4n) is 2.91. The Bertz CT molecular complexity index is 440. The number of aryl methyl sites for hydroxylation is 1. The highest BCUT2D eigenvalue weighted by Gasteiger charge is 2.23. The molecule has 5 nitrogen and oxygen atoms in total. The number of hydrogen-bond donors (Lipinski definition) is 1. The second-order valence-corrected chi connectivity index (χ2v) is 5.90. The molecule has 1 fully saturated rings. The van der Waals surface area contributed by atoms with Gasteiger partial charge in [0.1, 0.15) is 5.82 Å². The highest BCUT2D eigenvalue weighted by Crippen LogP contribution is 2.23. The second kappa shape index (κ2) is 7.59. The van der Waals surface area contributed by atoms with E-state index in [9.17, 15) is 0 Å². The summed E-state index contributed by atoms with van der Waals surface area (Å²) in [6.45, 7) is 10.9. The Balaban J connectivity index is 2.05. The van der Waals surface area contributed by atoms with Crippen molar-refractivity contribution >= 4 is 11.8 Å². The molecule has 5 heteroatoms. The van der Waals surface area contributed by atoms with E-state index in [0.717, 1.165) is 36.8 Å². The zero-order chi connectivity index (χ0) is 15.2. The molecule has 2 heterocycles. The second-order valence-electron chi connectivity index (χ2n) is 5.90. The fourth-order valence-corrected chi connectivity index (χ4v) is 2.91. The highest BCUT2D eigenvalue weighted by molar-refractivity contribution is 5.49. The normalized spacial score (nSPS) is 17.0. The van der Waals surface area contributed by atoms with E-state index in [0.29, 0.717) is 6.04 Å². The van der Waals surface area contributed by atoms with Crippen LogP contribution >= 0.6 is 0 Å². The van der Waals surface area contributed by atoms with Gasteiger partial charge in [-0.2, -0.15) is 4.98 Å². The molecule has 0 atom stereocenters. The first kappa shape index (κ1) is 16.0. The van der Waals surface area contributed by atoms with E-state index in [1.54, 1.807) is 0 Å². The SMILES string of the molecule is CCCNc1ncc(C)c(N(C)C2CCN(CC)CC2)n1. The lowest BCUT2D eigenvalue weighted by molar-refractivity contribution is 0.220. The van der Waals surface area contributed by atoms with Crippen molar-refractivity contribution in [3.8, 4) is 0 Å². The summed E-state index contributed by atoms with van der Waals surface area (Å²) in [5.41, 5.74) is 1.15. The summed E-state index contributed by atoms with van der Waals surface area (Å²) in [5, 5.41) is 3.28.